The fourth-order valence-electron chi connectivity index (χ4n) is 2.30. The molecule has 13 heavy (non-hydrogen) atoms. The van der Waals surface area contributed by atoms with Crippen LogP contribution >= 0.6 is 11.3 Å². The van der Waals surface area contributed by atoms with Crippen LogP contribution in [0.2, 0.25) is 0 Å². The molecule has 1 fully saturated rings. The van der Waals surface area contributed by atoms with E-state index in [1.807, 2.05) is 5.51 Å². The minimum absolute atomic E-state index is 0.590. The molecule has 1 saturated heterocycles. The van der Waals surface area contributed by atoms with Crippen molar-refractivity contribution in [1.29, 1.82) is 0 Å². The molecule has 3 nitrogen and oxygen atoms in total. The number of anilines is 1. The number of hydrogen-bond donors (Lipinski definition) is 0. The summed E-state index contributed by atoms with van der Waals surface area (Å²) in [4.78, 5) is 2.43. The number of nitrogens with zero attached hydrogens (tertiary/aromatic N) is 3. The first-order chi connectivity index (χ1) is 6.45. The monoisotopic (exact) mass is 193 g/mol. The summed E-state index contributed by atoms with van der Waals surface area (Å²) >= 11 is 1.65. The molecule has 0 radical (unpaired) electrons. The normalized spacial score (nSPS) is 31.2. The van der Waals surface area contributed by atoms with Gasteiger partial charge in [0.25, 0.3) is 0 Å². The van der Waals surface area contributed by atoms with E-state index in [9.17, 15) is 0 Å². The topological polar surface area (TPSA) is 29.0 Å². The Hall–Kier alpha value is -0.900. The van der Waals surface area contributed by atoms with E-state index in [4.69, 9.17) is 0 Å². The lowest BCUT2D eigenvalue weighted by molar-refractivity contribution is 0.644. The second-order valence-electron chi connectivity index (χ2n) is 3.59. The Balaban J connectivity index is 1.97. The Kier molecular flexibility index (Phi) is 1.62. The lowest BCUT2D eigenvalue weighted by atomic mass is 10.1. The Bertz CT molecular complexity index is 320. The van der Waals surface area contributed by atoms with Crippen LogP contribution in [0.3, 0.4) is 0 Å². The van der Waals surface area contributed by atoms with Gasteiger partial charge in [0, 0.05) is 12.1 Å². The standard InChI is InChI=1S/C9H11N3S/c1-2-7-4-5-8(3-1)12(7)9-11-10-6-13-9/h1-2,6-8H,3-5H2. The molecule has 2 aliphatic heterocycles. The third-order valence-electron chi connectivity index (χ3n) is 2.88. The predicted octanol–water partition coefficient (Wildman–Crippen LogP) is 1.84. The van der Waals surface area contributed by atoms with Crippen LogP contribution in [0.4, 0.5) is 5.13 Å². The molecule has 1 aromatic heterocycles. The largest absolute Gasteiger partial charge is 0.337 e. The van der Waals surface area contributed by atoms with E-state index < -0.39 is 0 Å². The highest BCUT2D eigenvalue weighted by molar-refractivity contribution is 7.13. The molecule has 2 bridgehead atoms. The second kappa shape index (κ2) is 2.80. The smallest absolute Gasteiger partial charge is 0.208 e. The van der Waals surface area contributed by atoms with Gasteiger partial charge in [0.15, 0.2) is 0 Å². The average molecular weight is 193 g/mol. The molecule has 4 heteroatoms. The molecule has 0 N–H and O–H groups in total. The molecule has 3 heterocycles. The van der Waals surface area contributed by atoms with Crippen molar-refractivity contribution in [3.8, 4) is 0 Å². The summed E-state index contributed by atoms with van der Waals surface area (Å²) in [6.07, 6.45) is 8.37. The number of fused-ring (bicyclic) bond motifs is 2. The SMILES string of the molecule is C1=CC2CCC(C1)N2c1nncs1. The minimum Gasteiger partial charge on any atom is -0.337 e. The first kappa shape index (κ1) is 7.50. The van der Waals surface area contributed by atoms with Gasteiger partial charge in [-0.1, -0.05) is 23.5 Å². The highest BCUT2D eigenvalue weighted by Gasteiger charge is 2.35. The zero-order valence-corrected chi connectivity index (χ0v) is 8.07. The van der Waals surface area contributed by atoms with E-state index in [2.05, 4.69) is 27.2 Å². The maximum atomic E-state index is 4.14. The molecule has 0 amide bonds. The summed E-state index contributed by atoms with van der Waals surface area (Å²) < 4.78 is 0. The summed E-state index contributed by atoms with van der Waals surface area (Å²) in [5.41, 5.74) is 1.81. The van der Waals surface area contributed by atoms with Crippen molar-refractivity contribution in [2.75, 3.05) is 4.90 Å². The Labute approximate surface area is 81.1 Å². The summed E-state index contributed by atoms with van der Waals surface area (Å²) in [5, 5.41) is 9.13. The van der Waals surface area contributed by atoms with Crippen molar-refractivity contribution in [1.82, 2.24) is 10.2 Å². The van der Waals surface area contributed by atoms with Crippen LogP contribution in [0.15, 0.2) is 17.7 Å². The predicted molar refractivity (Wildman–Crippen MR) is 53.0 cm³/mol. The number of hydrogen-bond acceptors (Lipinski definition) is 4. The fourth-order valence-corrected chi connectivity index (χ4v) is 2.99. The van der Waals surface area contributed by atoms with Gasteiger partial charge in [0.05, 0.1) is 0 Å². The van der Waals surface area contributed by atoms with Crippen LogP contribution in [0, 0.1) is 0 Å². The van der Waals surface area contributed by atoms with Gasteiger partial charge in [-0.2, -0.15) is 0 Å². The van der Waals surface area contributed by atoms with Crippen LogP contribution < -0.4 is 4.90 Å². The molecule has 2 unspecified atom stereocenters. The van der Waals surface area contributed by atoms with Crippen molar-refractivity contribution in [2.24, 2.45) is 0 Å². The van der Waals surface area contributed by atoms with Crippen LogP contribution in [-0.2, 0) is 0 Å². The molecule has 2 aliphatic rings. The lowest BCUT2D eigenvalue weighted by Gasteiger charge is -2.30. The first-order valence-electron chi connectivity index (χ1n) is 4.66. The van der Waals surface area contributed by atoms with E-state index in [0.29, 0.717) is 12.1 Å². The molecular formula is C9H11N3S. The van der Waals surface area contributed by atoms with Gasteiger partial charge >= 0.3 is 0 Å². The van der Waals surface area contributed by atoms with Gasteiger partial charge in [-0.05, 0) is 19.3 Å². The van der Waals surface area contributed by atoms with Crippen LogP contribution in [0.25, 0.3) is 0 Å². The second-order valence-corrected chi connectivity index (χ2v) is 4.40. The van der Waals surface area contributed by atoms with Gasteiger partial charge in [0.2, 0.25) is 5.13 Å². The minimum atomic E-state index is 0.590. The van der Waals surface area contributed by atoms with Gasteiger partial charge in [-0.25, -0.2) is 0 Å². The third-order valence-corrected chi connectivity index (χ3v) is 3.59. The molecule has 2 atom stereocenters. The summed E-state index contributed by atoms with van der Waals surface area (Å²) in [7, 11) is 0. The van der Waals surface area contributed by atoms with Crippen LogP contribution in [0.5, 0.6) is 0 Å². The molecule has 0 spiro atoms. The average Bonchev–Trinajstić information content (AvgIpc) is 2.72. The van der Waals surface area contributed by atoms with Crippen LogP contribution in [0.1, 0.15) is 19.3 Å². The molecular weight excluding hydrogens is 182 g/mol. The summed E-state index contributed by atoms with van der Waals surface area (Å²) in [6, 6.07) is 1.27. The van der Waals surface area contributed by atoms with Crippen molar-refractivity contribution in [3.05, 3.63) is 17.7 Å². The maximum absolute atomic E-state index is 4.14. The molecule has 3 rings (SSSR count). The van der Waals surface area contributed by atoms with Crippen LogP contribution in [-0.4, -0.2) is 22.3 Å². The highest BCUT2D eigenvalue weighted by Crippen LogP contribution is 2.36. The lowest BCUT2D eigenvalue weighted by Crippen LogP contribution is -2.37. The van der Waals surface area contributed by atoms with Gasteiger partial charge in [-0.3, -0.25) is 0 Å². The van der Waals surface area contributed by atoms with Crippen molar-refractivity contribution < 1.29 is 0 Å². The molecule has 1 aromatic rings. The number of rotatable bonds is 1. The highest BCUT2D eigenvalue weighted by atomic mass is 32.1. The third kappa shape index (κ3) is 1.09. The fraction of sp³-hybridized carbons (Fsp3) is 0.556. The van der Waals surface area contributed by atoms with Gasteiger partial charge < -0.3 is 4.90 Å². The molecule has 68 valence electrons. The molecule has 0 saturated carbocycles. The zero-order valence-electron chi connectivity index (χ0n) is 7.26. The van der Waals surface area contributed by atoms with E-state index in [0.717, 1.165) is 5.13 Å². The summed E-state index contributed by atoms with van der Waals surface area (Å²) in [6.45, 7) is 0. The quantitative estimate of drug-likeness (QED) is 0.637. The van der Waals surface area contributed by atoms with Crippen molar-refractivity contribution in [2.45, 2.75) is 31.3 Å². The first-order valence-corrected chi connectivity index (χ1v) is 5.54. The molecule has 0 aliphatic carbocycles. The van der Waals surface area contributed by atoms with E-state index in [-0.39, 0.29) is 0 Å². The summed E-state index contributed by atoms with van der Waals surface area (Å²) in [5.74, 6) is 0. The van der Waals surface area contributed by atoms with E-state index in [1.54, 1.807) is 11.3 Å². The van der Waals surface area contributed by atoms with Crippen molar-refractivity contribution >= 4 is 16.5 Å². The van der Waals surface area contributed by atoms with E-state index in [1.165, 1.54) is 19.3 Å². The Morgan fingerprint density at radius 1 is 1.46 bits per heavy atom. The maximum Gasteiger partial charge on any atom is 0.208 e. The van der Waals surface area contributed by atoms with Gasteiger partial charge in [-0.15, -0.1) is 10.2 Å². The molecule has 0 aromatic carbocycles. The number of aromatic nitrogens is 2. The van der Waals surface area contributed by atoms with Crippen molar-refractivity contribution in [3.63, 3.8) is 0 Å². The van der Waals surface area contributed by atoms with Gasteiger partial charge in [0.1, 0.15) is 5.51 Å². The zero-order chi connectivity index (χ0) is 8.67. The van der Waals surface area contributed by atoms with E-state index >= 15 is 0 Å². The Morgan fingerprint density at radius 2 is 2.46 bits per heavy atom. The Morgan fingerprint density at radius 3 is 3.23 bits per heavy atom.